The minimum Gasteiger partial charge on any atom is -0.353 e. The number of carbonyl (C=O) groups excluding carboxylic acids is 2. The van der Waals surface area contributed by atoms with Crippen molar-refractivity contribution in [2.45, 2.75) is 51.5 Å². The molecule has 5 nitrogen and oxygen atoms in total. The van der Waals surface area contributed by atoms with Crippen LogP contribution in [0.1, 0.15) is 45.4 Å². The molecule has 0 aromatic carbocycles. The first-order valence-corrected chi connectivity index (χ1v) is 8.25. The van der Waals surface area contributed by atoms with Gasteiger partial charge in [-0.25, -0.2) is 4.79 Å². The lowest BCUT2D eigenvalue weighted by Crippen LogP contribution is -2.49. The zero-order valence-corrected chi connectivity index (χ0v) is 13.6. The molecule has 1 aliphatic heterocycles. The van der Waals surface area contributed by atoms with Crippen LogP contribution >= 0.6 is 0 Å². The predicted molar refractivity (Wildman–Crippen MR) is 82.9 cm³/mol. The van der Waals surface area contributed by atoms with Gasteiger partial charge in [0.25, 0.3) is 0 Å². The Morgan fingerprint density at radius 1 is 1.05 bits per heavy atom. The maximum Gasteiger partial charge on any atom is 0.319 e. The van der Waals surface area contributed by atoms with Gasteiger partial charge in [-0.1, -0.05) is 19.8 Å². The van der Waals surface area contributed by atoms with E-state index in [2.05, 4.69) is 12.2 Å². The molecule has 21 heavy (non-hydrogen) atoms. The molecule has 2 unspecified atom stereocenters. The molecule has 0 aromatic heterocycles. The molecule has 1 aliphatic carbocycles. The van der Waals surface area contributed by atoms with Crippen LogP contribution in [0.2, 0.25) is 0 Å². The first kappa shape index (κ1) is 16.1. The van der Waals surface area contributed by atoms with Crippen LogP contribution in [-0.4, -0.2) is 55.0 Å². The molecule has 120 valence electrons. The first-order valence-electron chi connectivity index (χ1n) is 8.25. The van der Waals surface area contributed by atoms with Crippen LogP contribution in [0.4, 0.5) is 4.79 Å². The van der Waals surface area contributed by atoms with Crippen molar-refractivity contribution >= 4 is 11.9 Å². The number of likely N-dealkylation sites (tertiary alicyclic amines) is 1. The van der Waals surface area contributed by atoms with E-state index in [1.807, 2.05) is 4.90 Å². The van der Waals surface area contributed by atoms with Gasteiger partial charge in [0.05, 0.1) is 0 Å². The van der Waals surface area contributed by atoms with Crippen LogP contribution in [0.15, 0.2) is 0 Å². The molecule has 1 saturated heterocycles. The Labute approximate surface area is 128 Å². The van der Waals surface area contributed by atoms with E-state index in [1.54, 1.807) is 19.0 Å². The second-order valence-corrected chi connectivity index (χ2v) is 6.82. The van der Waals surface area contributed by atoms with Gasteiger partial charge in [0.2, 0.25) is 5.91 Å². The van der Waals surface area contributed by atoms with Crippen molar-refractivity contribution in [2.75, 3.05) is 27.2 Å². The molecule has 5 heteroatoms. The number of urea groups is 1. The maximum atomic E-state index is 12.4. The average molecular weight is 295 g/mol. The molecule has 3 amide bonds. The van der Waals surface area contributed by atoms with Crippen LogP contribution in [0.25, 0.3) is 0 Å². The van der Waals surface area contributed by atoms with Gasteiger partial charge < -0.3 is 15.1 Å². The summed E-state index contributed by atoms with van der Waals surface area (Å²) in [6.07, 6.45) is 6.42. The quantitative estimate of drug-likeness (QED) is 0.848. The third-order valence-corrected chi connectivity index (χ3v) is 4.96. The van der Waals surface area contributed by atoms with E-state index in [0.717, 1.165) is 19.3 Å². The molecule has 0 aromatic rings. The topological polar surface area (TPSA) is 52.7 Å². The molecule has 2 rings (SSSR count). The number of hydrogen-bond donors (Lipinski definition) is 1. The van der Waals surface area contributed by atoms with Crippen molar-refractivity contribution in [2.24, 2.45) is 11.8 Å². The lowest BCUT2D eigenvalue weighted by Gasteiger charge is -2.35. The zero-order valence-electron chi connectivity index (χ0n) is 13.6. The van der Waals surface area contributed by atoms with E-state index < -0.39 is 0 Å². The van der Waals surface area contributed by atoms with Gasteiger partial charge >= 0.3 is 6.03 Å². The summed E-state index contributed by atoms with van der Waals surface area (Å²) in [4.78, 5) is 27.7. The molecule has 2 fully saturated rings. The summed E-state index contributed by atoms with van der Waals surface area (Å²) in [5, 5.41) is 3.25. The van der Waals surface area contributed by atoms with Crippen molar-refractivity contribution in [3.63, 3.8) is 0 Å². The molecule has 2 aliphatic rings. The molecule has 1 heterocycles. The third kappa shape index (κ3) is 4.11. The van der Waals surface area contributed by atoms with Gasteiger partial charge in [0.1, 0.15) is 0 Å². The van der Waals surface area contributed by atoms with Crippen LogP contribution in [0.5, 0.6) is 0 Å². The normalized spacial score (nSPS) is 27.3. The predicted octanol–water partition coefficient (Wildman–Crippen LogP) is 2.07. The van der Waals surface area contributed by atoms with Crippen molar-refractivity contribution < 1.29 is 9.59 Å². The number of nitrogens with zero attached hydrogens (tertiary/aromatic N) is 2. The van der Waals surface area contributed by atoms with Crippen LogP contribution in [0.3, 0.4) is 0 Å². The second kappa shape index (κ2) is 7.14. The Bertz CT molecular complexity index is 376. The molecule has 0 spiro atoms. The van der Waals surface area contributed by atoms with Gasteiger partial charge in [0.15, 0.2) is 0 Å². The van der Waals surface area contributed by atoms with Gasteiger partial charge in [-0.3, -0.25) is 4.79 Å². The Morgan fingerprint density at radius 3 is 2.24 bits per heavy atom. The zero-order chi connectivity index (χ0) is 15.4. The number of amides is 3. The summed E-state index contributed by atoms with van der Waals surface area (Å²) in [5.41, 5.74) is 0. The van der Waals surface area contributed by atoms with E-state index in [1.165, 1.54) is 19.3 Å². The van der Waals surface area contributed by atoms with E-state index >= 15 is 0 Å². The van der Waals surface area contributed by atoms with E-state index in [-0.39, 0.29) is 17.9 Å². The van der Waals surface area contributed by atoms with Gasteiger partial charge in [-0.05, 0) is 31.6 Å². The largest absolute Gasteiger partial charge is 0.353 e. The first-order chi connectivity index (χ1) is 9.99. The maximum absolute atomic E-state index is 12.4. The summed E-state index contributed by atoms with van der Waals surface area (Å²) < 4.78 is 0. The minimum absolute atomic E-state index is 0.0507. The van der Waals surface area contributed by atoms with Crippen molar-refractivity contribution in [1.82, 2.24) is 15.1 Å². The fourth-order valence-electron chi connectivity index (χ4n) is 3.45. The number of hydrogen-bond acceptors (Lipinski definition) is 2. The lowest BCUT2D eigenvalue weighted by molar-refractivity contribution is -0.127. The molecule has 1 saturated carbocycles. The molecule has 2 atom stereocenters. The summed E-state index contributed by atoms with van der Waals surface area (Å²) in [7, 11) is 3.54. The van der Waals surface area contributed by atoms with Crippen LogP contribution < -0.4 is 5.32 Å². The Kier molecular flexibility index (Phi) is 5.48. The fourth-order valence-corrected chi connectivity index (χ4v) is 3.45. The number of carbonyl (C=O) groups is 2. The Hall–Kier alpha value is -1.26. The fraction of sp³-hybridized carbons (Fsp3) is 0.875. The lowest BCUT2D eigenvalue weighted by atomic mass is 9.85. The number of rotatable bonds is 2. The highest BCUT2D eigenvalue weighted by molar-refractivity contribution is 5.80. The van der Waals surface area contributed by atoms with E-state index in [9.17, 15) is 9.59 Å². The highest BCUT2D eigenvalue weighted by atomic mass is 16.2. The highest BCUT2D eigenvalue weighted by Crippen LogP contribution is 2.25. The Balaban J connectivity index is 1.79. The molecule has 0 bridgehead atoms. The van der Waals surface area contributed by atoms with Gasteiger partial charge in [-0.2, -0.15) is 0 Å². The smallest absolute Gasteiger partial charge is 0.319 e. The number of piperidine rings is 1. The van der Waals surface area contributed by atoms with Gasteiger partial charge in [0, 0.05) is 39.1 Å². The molecule has 1 N–H and O–H groups in total. The van der Waals surface area contributed by atoms with E-state index in [0.29, 0.717) is 25.0 Å². The van der Waals surface area contributed by atoms with Crippen molar-refractivity contribution in [1.29, 1.82) is 0 Å². The van der Waals surface area contributed by atoms with Crippen molar-refractivity contribution in [3.8, 4) is 0 Å². The summed E-state index contributed by atoms with van der Waals surface area (Å²) in [6, 6.07) is 0.405. The molecule has 0 radical (unpaired) electrons. The van der Waals surface area contributed by atoms with Gasteiger partial charge in [-0.15, -0.1) is 0 Å². The monoisotopic (exact) mass is 295 g/mol. The van der Waals surface area contributed by atoms with Crippen LogP contribution in [-0.2, 0) is 4.79 Å². The van der Waals surface area contributed by atoms with Crippen molar-refractivity contribution in [3.05, 3.63) is 0 Å². The minimum atomic E-state index is 0.0507. The summed E-state index contributed by atoms with van der Waals surface area (Å²) in [6.45, 7) is 3.62. The summed E-state index contributed by atoms with van der Waals surface area (Å²) in [5.74, 6) is 0.870. The average Bonchev–Trinajstić information content (AvgIpc) is 2.49. The Morgan fingerprint density at radius 2 is 1.67 bits per heavy atom. The highest BCUT2D eigenvalue weighted by Gasteiger charge is 2.30. The van der Waals surface area contributed by atoms with E-state index in [4.69, 9.17) is 0 Å². The summed E-state index contributed by atoms with van der Waals surface area (Å²) >= 11 is 0. The SMILES string of the molecule is CC1CCCCC1NC(=O)C1CCN(C(=O)N(C)C)CC1. The molecular weight excluding hydrogens is 266 g/mol. The van der Waals surface area contributed by atoms with Crippen LogP contribution in [0, 0.1) is 11.8 Å². The second-order valence-electron chi connectivity index (χ2n) is 6.82. The molecular formula is C16H29N3O2. The standard InChI is InChI=1S/C16H29N3O2/c1-12-6-4-5-7-14(12)17-15(20)13-8-10-19(11-9-13)16(21)18(2)3/h12-14H,4-11H2,1-3H3,(H,17,20). The number of nitrogens with one attached hydrogen (secondary N) is 1. The third-order valence-electron chi connectivity index (χ3n) is 4.96.